The molecule has 0 unspecified atom stereocenters. The van der Waals surface area contributed by atoms with E-state index in [1.54, 1.807) is 0 Å². The molecule has 0 saturated carbocycles. The number of amides is 1. The lowest BCUT2D eigenvalue weighted by molar-refractivity contribution is -0.115. The predicted octanol–water partition coefficient (Wildman–Crippen LogP) is 2.17. The lowest BCUT2D eigenvalue weighted by Gasteiger charge is -2.09. The second-order valence-corrected chi connectivity index (χ2v) is 5.05. The van der Waals surface area contributed by atoms with Crippen molar-refractivity contribution in [3.8, 4) is 0 Å². The van der Waals surface area contributed by atoms with Gasteiger partial charge in [-0.3, -0.25) is 4.79 Å². The van der Waals surface area contributed by atoms with Crippen LogP contribution < -0.4 is 11.1 Å². The van der Waals surface area contributed by atoms with Crippen LogP contribution in [0.3, 0.4) is 0 Å². The van der Waals surface area contributed by atoms with Gasteiger partial charge in [0, 0.05) is 16.6 Å². The number of nitrogens with one attached hydrogen (secondary N) is 1. The Balaban J connectivity index is 2.01. The van der Waals surface area contributed by atoms with Crippen molar-refractivity contribution >= 4 is 23.4 Å². The fourth-order valence-corrected chi connectivity index (χ4v) is 2.34. The Bertz CT molecular complexity index is 569. The summed E-state index contributed by atoms with van der Waals surface area (Å²) in [6, 6.07) is 9.64. The predicted molar refractivity (Wildman–Crippen MR) is 74.9 cm³/mol. The van der Waals surface area contributed by atoms with E-state index >= 15 is 0 Å². The lowest BCUT2D eigenvalue weighted by atomic mass is 10.3. The van der Waals surface area contributed by atoms with Crippen molar-refractivity contribution in [3.63, 3.8) is 0 Å². The summed E-state index contributed by atoms with van der Waals surface area (Å²) >= 11 is 1.41. The first-order valence-electron chi connectivity index (χ1n) is 5.81. The summed E-state index contributed by atoms with van der Waals surface area (Å²) in [5.41, 5.74) is 6.95. The summed E-state index contributed by atoms with van der Waals surface area (Å²) in [4.78, 5) is 11.8. The number of hydrogen-bond acceptors (Lipinski definition) is 5. The van der Waals surface area contributed by atoms with E-state index in [2.05, 4.69) is 10.5 Å². The second-order valence-electron chi connectivity index (χ2n) is 4.03. The standard InChI is InChI=1S/C13H15N3O2S/c1-9-6-10(16-18-9)7-15-11-4-2-3-5-12(11)19-8-13(14)17/h2-6,15H,7-8H2,1H3,(H2,14,17). The van der Waals surface area contributed by atoms with Crippen LogP contribution >= 0.6 is 11.8 Å². The minimum atomic E-state index is -0.327. The zero-order valence-corrected chi connectivity index (χ0v) is 11.4. The topological polar surface area (TPSA) is 81.1 Å². The quantitative estimate of drug-likeness (QED) is 0.791. The third-order valence-electron chi connectivity index (χ3n) is 2.39. The van der Waals surface area contributed by atoms with Crippen LogP contribution in [0.15, 0.2) is 39.8 Å². The van der Waals surface area contributed by atoms with Gasteiger partial charge in [0.1, 0.15) is 11.5 Å². The van der Waals surface area contributed by atoms with Crippen molar-refractivity contribution in [3.05, 3.63) is 41.8 Å². The van der Waals surface area contributed by atoms with Crippen molar-refractivity contribution in [2.75, 3.05) is 11.1 Å². The molecular weight excluding hydrogens is 262 g/mol. The number of benzene rings is 1. The molecule has 0 aliphatic heterocycles. The molecule has 2 rings (SSSR count). The number of thioether (sulfide) groups is 1. The van der Waals surface area contributed by atoms with E-state index < -0.39 is 0 Å². The first-order chi connectivity index (χ1) is 9.15. The van der Waals surface area contributed by atoms with Gasteiger partial charge in [0.05, 0.1) is 12.3 Å². The summed E-state index contributed by atoms with van der Waals surface area (Å²) in [6.07, 6.45) is 0. The Labute approximate surface area is 115 Å². The van der Waals surface area contributed by atoms with Crippen molar-refractivity contribution in [1.82, 2.24) is 5.16 Å². The van der Waals surface area contributed by atoms with Crippen molar-refractivity contribution < 1.29 is 9.32 Å². The SMILES string of the molecule is Cc1cc(CNc2ccccc2SCC(N)=O)no1. The van der Waals surface area contributed by atoms with Crippen LogP contribution in [0.2, 0.25) is 0 Å². The van der Waals surface area contributed by atoms with Crippen LogP contribution in [0, 0.1) is 6.92 Å². The van der Waals surface area contributed by atoms with E-state index in [4.69, 9.17) is 10.3 Å². The Hall–Kier alpha value is -1.95. The van der Waals surface area contributed by atoms with Crippen LogP contribution in [0.4, 0.5) is 5.69 Å². The van der Waals surface area contributed by atoms with Gasteiger partial charge in [-0.1, -0.05) is 17.3 Å². The Morgan fingerprint density at radius 3 is 2.95 bits per heavy atom. The number of aryl methyl sites for hydroxylation is 1. The minimum absolute atomic E-state index is 0.266. The number of aromatic nitrogens is 1. The van der Waals surface area contributed by atoms with E-state index in [1.807, 2.05) is 37.3 Å². The first-order valence-corrected chi connectivity index (χ1v) is 6.80. The number of nitrogens with zero attached hydrogens (tertiary/aromatic N) is 1. The molecule has 0 aliphatic rings. The first kappa shape index (κ1) is 13.5. The van der Waals surface area contributed by atoms with Gasteiger partial charge in [-0.05, 0) is 19.1 Å². The van der Waals surface area contributed by atoms with E-state index in [0.29, 0.717) is 6.54 Å². The Kier molecular flexibility index (Phi) is 4.46. The molecule has 0 radical (unpaired) electrons. The highest BCUT2D eigenvalue weighted by Crippen LogP contribution is 2.27. The number of carbonyl (C=O) groups is 1. The molecule has 5 nitrogen and oxygen atoms in total. The van der Waals surface area contributed by atoms with Crippen LogP contribution in [-0.4, -0.2) is 16.8 Å². The van der Waals surface area contributed by atoms with Gasteiger partial charge in [-0.15, -0.1) is 11.8 Å². The van der Waals surface area contributed by atoms with Crippen LogP contribution in [0.25, 0.3) is 0 Å². The Morgan fingerprint density at radius 1 is 1.47 bits per heavy atom. The molecule has 3 N–H and O–H groups in total. The summed E-state index contributed by atoms with van der Waals surface area (Å²) < 4.78 is 5.01. The molecule has 0 bridgehead atoms. The normalized spacial score (nSPS) is 10.4. The number of primary amides is 1. The zero-order chi connectivity index (χ0) is 13.7. The minimum Gasteiger partial charge on any atom is -0.378 e. The molecule has 2 aromatic rings. The van der Waals surface area contributed by atoms with E-state index in [0.717, 1.165) is 22.0 Å². The largest absolute Gasteiger partial charge is 0.378 e. The number of para-hydroxylation sites is 1. The highest BCUT2D eigenvalue weighted by Gasteiger charge is 2.05. The zero-order valence-electron chi connectivity index (χ0n) is 10.6. The Morgan fingerprint density at radius 2 is 2.26 bits per heavy atom. The fourth-order valence-electron chi connectivity index (χ4n) is 1.57. The smallest absolute Gasteiger partial charge is 0.227 e. The molecule has 1 aromatic heterocycles. The van der Waals surface area contributed by atoms with Crippen molar-refractivity contribution in [1.29, 1.82) is 0 Å². The number of anilines is 1. The van der Waals surface area contributed by atoms with Gasteiger partial charge < -0.3 is 15.6 Å². The lowest BCUT2D eigenvalue weighted by Crippen LogP contribution is -2.13. The van der Waals surface area contributed by atoms with Gasteiger partial charge >= 0.3 is 0 Å². The highest BCUT2D eigenvalue weighted by molar-refractivity contribution is 8.00. The molecule has 0 fully saturated rings. The molecular formula is C13H15N3O2S. The number of rotatable bonds is 6. The van der Waals surface area contributed by atoms with Crippen molar-refractivity contribution in [2.45, 2.75) is 18.4 Å². The summed E-state index contributed by atoms with van der Waals surface area (Å²) in [5, 5.41) is 7.19. The van der Waals surface area contributed by atoms with E-state index in [1.165, 1.54) is 11.8 Å². The molecule has 0 spiro atoms. The number of carbonyl (C=O) groups excluding carboxylic acids is 1. The second kappa shape index (κ2) is 6.29. The van der Waals surface area contributed by atoms with Crippen LogP contribution in [0.1, 0.15) is 11.5 Å². The molecule has 19 heavy (non-hydrogen) atoms. The average molecular weight is 277 g/mol. The fraction of sp³-hybridized carbons (Fsp3) is 0.231. The molecule has 1 aromatic carbocycles. The van der Waals surface area contributed by atoms with E-state index in [-0.39, 0.29) is 11.7 Å². The van der Waals surface area contributed by atoms with Gasteiger partial charge in [-0.2, -0.15) is 0 Å². The number of hydrogen-bond donors (Lipinski definition) is 2. The average Bonchev–Trinajstić information content (AvgIpc) is 2.80. The molecule has 0 atom stereocenters. The number of nitrogens with two attached hydrogens (primary N) is 1. The summed E-state index contributed by atoms with van der Waals surface area (Å²) in [7, 11) is 0. The summed E-state index contributed by atoms with van der Waals surface area (Å²) in [6.45, 7) is 2.43. The molecule has 6 heteroatoms. The summed E-state index contributed by atoms with van der Waals surface area (Å²) in [5.74, 6) is 0.724. The molecule has 0 aliphatic carbocycles. The van der Waals surface area contributed by atoms with Crippen LogP contribution in [-0.2, 0) is 11.3 Å². The maximum Gasteiger partial charge on any atom is 0.227 e. The maximum atomic E-state index is 10.8. The molecule has 1 heterocycles. The van der Waals surface area contributed by atoms with Crippen LogP contribution in [0.5, 0.6) is 0 Å². The molecule has 100 valence electrons. The highest BCUT2D eigenvalue weighted by atomic mass is 32.2. The van der Waals surface area contributed by atoms with E-state index in [9.17, 15) is 4.79 Å². The van der Waals surface area contributed by atoms with Gasteiger partial charge in [0.25, 0.3) is 0 Å². The van der Waals surface area contributed by atoms with Gasteiger partial charge in [-0.25, -0.2) is 0 Å². The maximum absolute atomic E-state index is 10.8. The molecule has 0 saturated heterocycles. The van der Waals surface area contributed by atoms with Crippen molar-refractivity contribution in [2.24, 2.45) is 5.73 Å². The van der Waals surface area contributed by atoms with Gasteiger partial charge in [0.2, 0.25) is 5.91 Å². The molecule has 1 amide bonds. The third-order valence-corrected chi connectivity index (χ3v) is 3.49. The monoisotopic (exact) mass is 277 g/mol. The third kappa shape index (κ3) is 4.03. The van der Waals surface area contributed by atoms with Gasteiger partial charge in [0.15, 0.2) is 0 Å².